The van der Waals surface area contributed by atoms with E-state index < -0.39 is 6.10 Å². The molecule has 2 N–H and O–H groups in total. The third-order valence-electron chi connectivity index (χ3n) is 2.63. The molecule has 4 heteroatoms. The summed E-state index contributed by atoms with van der Waals surface area (Å²) in [4.78, 5) is 12.1. The highest BCUT2D eigenvalue weighted by atomic mass is 16.5. The summed E-state index contributed by atoms with van der Waals surface area (Å²) in [5.41, 5.74) is 1.48. The van der Waals surface area contributed by atoms with E-state index in [-0.39, 0.29) is 11.9 Å². The fourth-order valence-corrected chi connectivity index (χ4v) is 1.90. The molecule has 0 saturated heterocycles. The molecule has 0 saturated carbocycles. The van der Waals surface area contributed by atoms with Crippen LogP contribution in [0.2, 0.25) is 0 Å². The number of hydrogen-bond acceptors (Lipinski definition) is 3. The van der Waals surface area contributed by atoms with Gasteiger partial charge >= 0.3 is 0 Å². The predicted octanol–water partition coefficient (Wildman–Crippen LogP) is 1.72. The minimum absolute atomic E-state index is 0.0619. The number of aliphatic hydroxyl groups is 1. The highest BCUT2D eigenvalue weighted by Crippen LogP contribution is 2.10. The second-order valence-electron chi connectivity index (χ2n) is 4.55. The first-order valence-corrected chi connectivity index (χ1v) is 6.10. The number of nitrogens with one attached hydrogen (secondary N) is 1. The van der Waals surface area contributed by atoms with Gasteiger partial charge in [0.2, 0.25) is 0 Å². The molecule has 0 aromatic heterocycles. The van der Waals surface area contributed by atoms with E-state index in [2.05, 4.69) is 5.32 Å². The molecule has 0 aliphatic heterocycles. The molecule has 4 nitrogen and oxygen atoms in total. The highest BCUT2D eigenvalue weighted by molar-refractivity contribution is 5.95. The largest absolute Gasteiger partial charge is 0.393 e. The van der Waals surface area contributed by atoms with Crippen molar-refractivity contribution >= 4 is 5.91 Å². The molecule has 0 aliphatic rings. The van der Waals surface area contributed by atoms with Gasteiger partial charge in [-0.1, -0.05) is 18.2 Å². The third-order valence-corrected chi connectivity index (χ3v) is 2.63. The first-order chi connectivity index (χ1) is 8.54. The van der Waals surface area contributed by atoms with Gasteiger partial charge in [0, 0.05) is 18.7 Å². The first-order valence-electron chi connectivity index (χ1n) is 6.10. The number of amides is 1. The summed E-state index contributed by atoms with van der Waals surface area (Å²) in [5.74, 6) is -0.129. The second kappa shape index (κ2) is 7.13. The lowest BCUT2D eigenvalue weighted by molar-refractivity contribution is 0.0918. The number of rotatable bonds is 6. The zero-order valence-electron chi connectivity index (χ0n) is 11.1. The molecule has 0 radical (unpaired) electrons. The van der Waals surface area contributed by atoms with E-state index in [0.717, 1.165) is 5.56 Å². The Morgan fingerprint density at radius 2 is 2.06 bits per heavy atom. The standard InChI is InChI=1S/C14H21NO3/c1-10(8-11(2)16)15-14(17)13-7-5-4-6-12(13)9-18-3/h4-7,10-11,16H,8-9H2,1-3H3,(H,15,17). The molecule has 18 heavy (non-hydrogen) atoms. The van der Waals surface area contributed by atoms with E-state index in [0.29, 0.717) is 18.6 Å². The van der Waals surface area contributed by atoms with Crippen LogP contribution in [0.4, 0.5) is 0 Å². The zero-order valence-corrected chi connectivity index (χ0v) is 11.1. The summed E-state index contributed by atoms with van der Waals surface area (Å²) >= 11 is 0. The van der Waals surface area contributed by atoms with Crippen molar-refractivity contribution in [3.05, 3.63) is 35.4 Å². The zero-order chi connectivity index (χ0) is 13.5. The van der Waals surface area contributed by atoms with Gasteiger partial charge in [-0.2, -0.15) is 0 Å². The maximum Gasteiger partial charge on any atom is 0.251 e. The van der Waals surface area contributed by atoms with Crippen molar-refractivity contribution in [1.29, 1.82) is 0 Å². The van der Waals surface area contributed by atoms with Gasteiger partial charge in [-0.05, 0) is 31.9 Å². The van der Waals surface area contributed by atoms with E-state index in [4.69, 9.17) is 4.74 Å². The topological polar surface area (TPSA) is 58.6 Å². The van der Waals surface area contributed by atoms with Crippen LogP contribution in [0.1, 0.15) is 36.2 Å². The van der Waals surface area contributed by atoms with E-state index >= 15 is 0 Å². The molecule has 1 amide bonds. The van der Waals surface area contributed by atoms with Gasteiger partial charge in [0.15, 0.2) is 0 Å². The predicted molar refractivity (Wildman–Crippen MR) is 70.4 cm³/mol. The Labute approximate surface area is 108 Å². The Balaban J connectivity index is 2.71. The van der Waals surface area contributed by atoms with Crippen LogP contribution in [0.15, 0.2) is 24.3 Å². The van der Waals surface area contributed by atoms with Gasteiger partial charge in [0.25, 0.3) is 5.91 Å². The summed E-state index contributed by atoms with van der Waals surface area (Å²) in [5, 5.41) is 12.1. The SMILES string of the molecule is COCc1ccccc1C(=O)NC(C)CC(C)O. The van der Waals surface area contributed by atoms with Gasteiger partial charge in [-0.15, -0.1) is 0 Å². The van der Waals surface area contributed by atoms with Crippen molar-refractivity contribution in [1.82, 2.24) is 5.32 Å². The Hall–Kier alpha value is -1.39. The Morgan fingerprint density at radius 1 is 1.39 bits per heavy atom. The molecular weight excluding hydrogens is 230 g/mol. The average molecular weight is 251 g/mol. The number of methoxy groups -OCH3 is 1. The number of ether oxygens (including phenoxy) is 1. The molecule has 0 spiro atoms. The van der Waals surface area contributed by atoms with Gasteiger partial charge in [-0.25, -0.2) is 0 Å². The van der Waals surface area contributed by atoms with Crippen LogP contribution in [0.25, 0.3) is 0 Å². The van der Waals surface area contributed by atoms with Crippen molar-refractivity contribution in [3.63, 3.8) is 0 Å². The maximum atomic E-state index is 12.1. The highest BCUT2D eigenvalue weighted by Gasteiger charge is 2.14. The smallest absolute Gasteiger partial charge is 0.251 e. The lowest BCUT2D eigenvalue weighted by atomic mass is 10.1. The van der Waals surface area contributed by atoms with Crippen LogP contribution >= 0.6 is 0 Å². The number of benzene rings is 1. The van der Waals surface area contributed by atoms with Crippen molar-refractivity contribution in [2.24, 2.45) is 0 Å². The van der Waals surface area contributed by atoms with Crippen LogP contribution in [0, 0.1) is 0 Å². The van der Waals surface area contributed by atoms with Gasteiger partial charge in [0.1, 0.15) is 0 Å². The molecule has 0 bridgehead atoms. The number of aliphatic hydroxyl groups excluding tert-OH is 1. The summed E-state index contributed by atoms with van der Waals surface area (Å²) < 4.78 is 5.07. The molecule has 1 aromatic carbocycles. The van der Waals surface area contributed by atoms with Crippen LogP contribution < -0.4 is 5.32 Å². The van der Waals surface area contributed by atoms with Crippen molar-refractivity contribution < 1.29 is 14.6 Å². The normalized spacial score (nSPS) is 14.0. The maximum absolute atomic E-state index is 12.1. The Morgan fingerprint density at radius 3 is 2.67 bits per heavy atom. The van der Waals surface area contributed by atoms with Crippen LogP contribution in [-0.2, 0) is 11.3 Å². The summed E-state index contributed by atoms with van der Waals surface area (Å²) in [6, 6.07) is 7.29. The van der Waals surface area contributed by atoms with Crippen LogP contribution in [-0.4, -0.2) is 30.3 Å². The molecule has 100 valence electrons. The van der Waals surface area contributed by atoms with Crippen molar-refractivity contribution in [2.75, 3.05) is 7.11 Å². The summed E-state index contributed by atoms with van der Waals surface area (Å²) in [6.07, 6.45) is 0.118. The monoisotopic (exact) mass is 251 g/mol. The number of hydrogen-bond donors (Lipinski definition) is 2. The van der Waals surface area contributed by atoms with E-state index in [1.165, 1.54) is 0 Å². The molecule has 2 unspecified atom stereocenters. The average Bonchev–Trinajstić information content (AvgIpc) is 2.28. The van der Waals surface area contributed by atoms with E-state index in [1.807, 2.05) is 25.1 Å². The quantitative estimate of drug-likeness (QED) is 0.809. The molecule has 0 heterocycles. The summed E-state index contributed by atoms with van der Waals surface area (Å²) in [7, 11) is 1.60. The minimum atomic E-state index is -0.422. The van der Waals surface area contributed by atoms with Crippen molar-refractivity contribution in [2.45, 2.75) is 39.0 Å². The second-order valence-corrected chi connectivity index (χ2v) is 4.55. The van der Waals surface area contributed by atoms with Gasteiger partial charge in [0.05, 0.1) is 12.7 Å². The Kier molecular flexibility index (Phi) is 5.82. The summed E-state index contributed by atoms with van der Waals surface area (Å²) in [6.45, 7) is 4.00. The third kappa shape index (κ3) is 4.47. The molecular formula is C14H21NO3. The van der Waals surface area contributed by atoms with Crippen molar-refractivity contribution in [3.8, 4) is 0 Å². The van der Waals surface area contributed by atoms with E-state index in [1.54, 1.807) is 20.1 Å². The van der Waals surface area contributed by atoms with E-state index in [9.17, 15) is 9.90 Å². The lowest BCUT2D eigenvalue weighted by Crippen LogP contribution is -2.35. The molecule has 1 rings (SSSR count). The number of carbonyl (C=O) groups excluding carboxylic acids is 1. The van der Waals surface area contributed by atoms with Crippen LogP contribution in [0.3, 0.4) is 0 Å². The lowest BCUT2D eigenvalue weighted by Gasteiger charge is -2.16. The molecule has 0 aliphatic carbocycles. The molecule has 1 aromatic rings. The minimum Gasteiger partial charge on any atom is -0.393 e. The molecule has 0 fully saturated rings. The first kappa shape index (κ1) is 14.7. The fourth-order valence-electron chi connectivity index (χ4n) is 1.90. The van der Waals surface area contributed by atoms with Gasteiger partial charge < -0.3 is 15.2 Å². The number of carbonyl (C=O) groups is 1. The Bertz CT molecular complexity index is 390. The van der Waals surface area contributed by atoms with Crippen LogP contribution in [0.5, 0.6) is 0 Å². The van der Waals surface area contributed by atoms with Gasteiger partial charge in [-0.3, -0.25) is 4.79 Å². The fraction of sp³-hybridized carbons (Fsp3) is 0.500. The molecule has 2 atom stereocenters.